The first kappa shape index (κ1) is 22.4. The molecule has 0 bridgehead atoms. The number of hydrogen-bond donors (Lipinski definition) is 3. The molecule has 0 fully saturated rings. The highest BCUT2D eigenvalue weighted by atomic mass is 16.4. The first-order valence-corrected chi connectivity index (χ1v) is 9.77. The molecule has 1 atom stereocenters. The predicted octanol–water partition coefficient (Wildman–Crippen LogP) is 2.16. The molecule has 0 spiro atoms. The van der Waals surface area contributed by atoms with Crippen LogP contribution in [0.5, 0.6) is 0 Å². The number of aromatic nitrogens is 2. The topological polar surface area (TPSA) is 139 Å². The molecular weight excluding hydrogens is 414 g/mol. The van der Waals surface area contributed by atoms with Crippen molar-refractivity contribution in [3.63, 3.8) is 0 Å². The van der Waals surface area contributed by atoms with Crippen molar-refractivity contribution >= 4 is 17.8 Å². The highest BCUT2D eigenvalue weighted by Gasteiger charge is 2.28. The van der Waals surface area contributed by atoms with Crippen molar-refractivity contribution in [1.29, 1.82) is 0 Å². The molecule has 164 valence electrons. The van der Waals surface area contributed by atoms with Gasteiger partial charge in [-0.15, -0.1) is 0 Å². The van der Waals surface area contributed by atoms with Crippen molar-refractivity contribution in [1.82, 2.24) is 15.1 Å². The Morgan fingerprint density at radius 3 is 2.06 bits per heavy atom. The third-order valence-corrected chi connectivity index (χ3v) is 4.83. The smallest absolute Gasteiger partial charge is 0.326 e. The number of carbonyl (C=O) groups excluding carboxylic acids is 1. The van der Waals surface area contributed by atoms with E-state index in [0.29, 0.717) is 16.8 Å². The fourth-order valence-corrected chi connectivity index (χ4v) is 3.28. The summed E-state index contributed by atoms with van der Waals surface area (Å²) in [7, 11) is 1.40. The monoisotopic (exact) mass is 435 g/mol. The molecule has 9 heteroatoms. The van der Waals surface area contributed by atoms with Crippen LogP contribution in [-0.2, 0) is 16.6 Å². The first-order valence-electron chi connectivity index (χ1n) is 9.77. The van der Waals surface area contributed by atoms with Crippen molar-refractivity contribution in [2.24, 2.45) is 7.05 Å². The average molecular weight is 435 g/mol. The van der Waals surface area contributed by atoms with Gasteiger partial charge in [0.1, 0.15) is 11.6 Å². The number of carbonyl (C=O) groups is 3. The number of rotatable bonds is 8. The van der Waals surface area contributed by atoms with E-state index in [0.717, 1.165) is 4.68 Å². The van der Waals surface area contributed by atoms with Gasteiger partial charge >= 0.3 is 11.9 Å². The quantitative estimate of drug-likeness (QED) is 0.493. The zero-order valence-electron chi connectivity index (χ0n) is 17.2. The van der Waals surface area contributed by atoms with Gasteiger partial charge in [-0.2, -0.15) is 5.10 Å². The van der Waals surface area contributed by atoms with Crippen molar-refractivity contribution < 1.29 is 24.6 Å². The second-order valence-electron chi connectivity index (χ2n) is 7.06. The van der Waals surface area contributed by atoms with E-state index in [4.69, 9.17) is 5.11 Å². The zero-order chi connectivity index (χ0) is 23.3. The lowest BCUT2D eigenvalue weighted by Gasteiger charge is -2.18. The fraction of sp³-hybridized carbons (Fsp3) is 0.174. The van der Waals surface area contributed by atoms with Crippen molar-refractivity contribution in [3.8, 4) is 22.4 Å². The Morgan fingerprint density at radius 1 is 0.969 bits per heavy atom. The molecule has 1 amide bonds. The summed E-state index contributed by atoms with van der Waals surface area (Å²) in [5.74, 6) is -3.50. The Kier molecular flexibility index (Phi) is 6.79. The van der Waals surface area contributed by atoms with Crippen LogP contribution >= 0.6 is 0 Å². The lowest BCUT2D eigenvalue weighted by atomic mass is 9.95. The Labute approximate surface area is 183 Å². The number of carboxylic acid groups (broad SMARTS) is 2. The first-order chi connectivity index (χ1) is 15.3. The van der Waals surface area contributed by atoms with Crippen LogP contribution in [0.4, 0.5) is 0 Å². The van der Waals surface area contributed by atoms with Gasteiger partial charge in [0.05, 0.1) is 5.69 Å². The van der Waals surface area contributed by atoms with E-state index >= 15 is 0 Å². The van der Waals surface area contributed by atoms with Gasteiger partial charge in [-0.25, -0.2) is 9.48 Å². The minimum absolute atomic E-state index is 0.264. The maximum atomic E-state index is 13.2. The van der Waals surface area contributed by atoms with Gasteiger partial charge in [0, 0.05) is 24.6 Å². The third kappa shape index (κ3) is 4.89. The third-order valence-electron chi connectivity index (χ3n) is 4.83. The van der Waals surface area contributed by atoms with E-state index in [1.807, 2.05) is 6.07 Å². The largest absolute Gasteiger partial charge is 0.481 e. The van der Waals surface area contributed by atoms with Gasteiger partial charge < -0.3 is 15.5 Å². The highest BCUT2D eigenvalue weighted by molar-refractivity contribution is 6.04. The van der Waals surface area contributed by atoms with E-state index in [-0.39, 0.29) is 17.5 Å². The summed E-state index contributed by atoms with van der Waals surface area (Å²) in [6.07, 6.45) is -0.777. The van der Waals surface area contributed by atoms with Crippen LogP contribution in [0.25, 0.3) is 22.4 Å². The van der Waals surface area contributed by atoms with Gasteiger partial charge in [-0.3, -0.25) is 14.4 Å². The standard InChI is InChI=1S/C23H21N3O6/c1-26-22(30)19(21(29)24-16(23(31)32)12-13-17(27)28)18(14-8-4-2-5-9-14)20(25-26)15-10-6-3-7-11-15/h2-11,16H,12-13H2,1H3,(H,24,29)(H,27,28)(H,31,32)/t16-/m0/s1. The van der Waals surface area contributed by atoms with Crippen LogP contribution in [0.1, 0.15) is 23.2 Å². The number of carboxylic acids is 2. The molecule has 1 aromatic heterocycles. The minimum Gasteiger partial charge on any atom is -0.481 e. The van der Waals surface area contributed by atoms with Crippen LogP contribution in [-0.4, -0.2) is 43.9 Å². The number of hydrogen-bond acceptors (Lipinski definition) is 5. The van der Waals surface area contributed by atoms with Gasteiger partial charge in [0.15, 0.2) is 0 Å². The molecule has 3 aromatic rings. The molecule has 0 saturated heterocycles. The SMILES string of the molecule is Cn1nc(-c2ccccc2)c(-c2ccccc2)c(C(=O)N[C@@H](CCC(=O)O)C(=O)O)c1=O. The summed E-state index contributed by atoms with van der Waals surface area (Å²) in [4.78, 5) is 48.6. The van der Waals surface area contributed by atoms with E-state index in [1.54, 1.807) is 54.6 Å². The van der Waals surface area contributed by atoms with Crippen LogP contribution < -0.4 is 10.9 Å². The Balaban J connectivity index is 2.19. The van der Waals surface area contributed by atoms with E-state index in [2.05, 4.69) is 10.4 Å². The summed E-state index contributed by atoms with van der Waals surface area (Å²) in [6.45, 7) is 0. The summed E-state index contributed by atoms with van der Waals surface area (Å²) < 4.78 is 1.02. The molecule has 9 nitrogen and oxygen atoms in total. The van der Waals surface area contributed by atoms with Gasteiger partial charge in [-0.1, -0.05) is 60.7 Å². The predicted molar refractivity (Wildman–Crippen MR) is 116 cm³/mol. The Bertz CT molecular complexity index is 1210. The van der Waals surface area contributed by atoms with Crippen molar-refractivity contribution in [3.05, 3.63) is 76.6 Å². The molecule has 3 N–H and O–H groups in total. The minimum atomic E-state index is -1.47. The molecule has 3 rings (SSSR count). The number of nitrogens with one attached hydrogen (secondary N) is 1. The van der Waals surface area contributed by atoms with Crippen molar-refractivity contribution in [2.45, 2.75) is 18.9 Å². The number of amides is 1. The fourth-order valence-electron chi connectivity index (χ4n) is 3.28. The second kappa shape index (κ2) is 9.69. The summed E-state index contributed by atoms with van der Waals surface area (Å²) in [5, 5.41) is 25.0. The molecule has 0 aliphatic heterocycles. The average Bonchev–Trinajstić information content (AvgIpc) is 2.78. The van der Waals surface area contributed by atoms with Gasteiger partial charge in [0.2, 0.25) is 0 Å². The summed E-state index contributed by atoms with van der Waals surface area (Å²) >= 11 is 0. The number of aryl methyl sites for hydroxylation is 1. The molecule has 0 aliphatic rings. The maximum Gasteiger partial charge on any atom is 0.326 e. The second-order valence-corrected chi connectivity index (χ2v) is 7.06. The van der Waals surface area contributed by atoms with Gasteiger partial charge in [0.25, 0.3) is 11.5 Å². The Hall–Kier alpha value is -4.27. The van der Waals surface area contributed by atoms with E-state index < -0.39 is 35.9 Å². The van der Waals surface area contributed by atoms with Crippen LogP contribution in [0.3, 0.4) is 0 Å². The van der Waals surface area contributed by atoms with E-state index in [1.165, 1.54) is 7.05 Å². The summed E-state index contributed by atoms with van der Waals surface area (Å²) in [6, 6.07) is 16.2. The molecule has 2 aromatic carbocycles. The molecule has 0 saturated carbocycles. The molecule has 32 heavy (non-hydrogen) atoms. The highest BCUT2D eigenvalue weighted by Crippen LogP contribution is 2.31. The van der Waals surface area contributed by atoms with Gasteiger partial charge in [-0.05, 0) is 12.0 Å². The maximum absolute atomic E-state index is 13.2. The van der Waals surface area contributed by atoms with Crippen LogP contribution in [0.15, 0.2) is 65.5 Å². The molecular formula is C23H21N3O6. The lowest BCUT2D eigenvalue weighted by Crippen LogP contribution is -2.44. The summed E-state index contributed by atoms with van der Waals surface area (Å²) in [5.41, 5.74) is 0.884. The number of nitrogens with zero attached hydrogens (tertiary/aromatic N) is 2. The molecule has 0 unspecified atom stereocenters. The van der Waals surface area contributed by atoms with E-state index in [9.17, 15) is 24.3 Å². The Morgan fingerprint density at radius 2 is 1.53 bits per heavy atom. The zero-order valence-corrected chi connectivity index (χ0v) is 17.2. The van der Waals surface area contributed by atoms with Crippen LogP contribution in [0, 0.1) is 0 Å². The molecule has 1 heterocycles. The molecule has 0 aliphatic carbocycles. The lowest BCUT2D eigenvalue weighted by molar-refractivity contribution is -0.140. The normalized spacial score (nSPS) is 11.5. The van der Waals surface area contributed by atoms with Crippen LogP contribution in [0.2, 0.25) is 0 Å². The number of benzene rings is 2. The van der Waals surface area contributed by atoms with Crippen molar-refractivity contribution in [2.75, 3.05) is 0 Å². The molecule has 0 radical (unpaired) electrons. The number of aliphatic carboxylic acids is 2.